The lowest BCUT2D eigenvalue weighted by Crippen LogP contribution is -2.04. The molecule has 1 rings (SSSR count). The van der Waals surface area contributed by atoms with Crippen LogP contribution in [0.2, 0.25) is 5.02 Å². The third kappa shape index (κ3) is 6.98. The fourth-order valence-corrected chi connectivity index (χ4v) is 2.67. The molecule has 108 valence electrons. The molecule has 0 aromatic heterocycles. The first-order chi connectivity index (χ1) is 9.27. The van der Waals surface area contributed by atoms with Gasteiger partial charge < -0.3 is 5.11 Å². The van der Waals surface area contributed by atoms with Crippen LogP contribution in [0, 0.1) is 0 Å². The van der Waals surface area contributed by atoms with Crippen molar-refractivity contribution in [3.05, 3.63) is 34.9 Å². The SMILES string of the molecule is CCCCCCCCCC(CO)c1cccc(Cl)c1. The predicted molar refractivity (Wildman–Crippen MR) is 83.9 cm³/mol. The Kier molecular flexibility index (Phi) is 8.94. The molecule has 0 fully saturated rings. The molecule has 0 amide bonds. The van der Waals surface area contributed by atoms with Crippen molar-refractivity contribution in [1.29, 1.82) is 0 Å². The van der Waals surface area contributed by atoms with Crippen molar-refractivity contribution < 1.29 is 5.11 Å². The highest BCUT2D eigenvalue weighted by Gasteiger charge is 2.10. The molecule has 19 heavy (non-hydrogen) atoms. The van der Waals surface area contributed by atoms with Crippen molar-refractivity contribution in [2.75, 3.05) is 6.61 Å². The Hall–Kier alpha value is -0.530. The molecule has 2 heteroatoms. The second kappa shape index (κ2) is 10.3. The lowest BCUT2D eigenvalue weighted by molar-refractivity contribution is 0.256. The smallest absolute Gasteiger partial charge is 0.0499 e. The lowest BCUT2D eigenvalue weighted by atomic mass is 9.93. The van der Waals surface area contributed by atoms with Gasteiger partial charge in [-0.05, 0) is 24.1 Å². The molecule has 0 aliphatic rings. The number of halogens is 1. The zero-order chi connectivity index (χ0) is 13.9. The van der Waals surface area contributed by atoms with Crippen LogP contribution in [0.15, 0.2) is 24.3 Å². The Morgan fingerprint density at radius 3 is 2.37 bits per heavy atom. The molecular formula is C17H27ClO. The van der Waals surface area contributed by atoms with Crippen molar-refractivity contribution in [2.24, 2.45) is 0 Å². The summed E-state index contributed by atoms with van der Waals surface area (Å²) in [6.07, 6.45) is 10.3. The number of unbranched alkanes of at least 4 members (excludes halogenated alkanes) is 6. The zero-order valence-corrected chi connectivity index (χ0v) is 12.8. The second-order valence-corrected chi connectivity index (χ2v) is 5.78. The summed E-state index contributed by atoms with van der Waals surface area (Å²) in [6.45, 7) is 2.47. The lowest BCUT2D eigenvalue weighted by Gasteiger charge is -2.14. The summed E-state index contributed by atoms with van der Waals surface area (Å²) in [5, 5.41) is 10.3. The highest BCUT2D eigenvalue weighted by Crippen LogP contribution is 2.24. The van der Waals surface area contributed by atoms with E-state index in [1.54, 1.807) is 0 Å². The summed E-state index contributed by atoms with van der Waals surface area (Å²) < 4.78 is 0. The third-order valence-electron chi connectivity index (χ3n) is 3.70. The number of aliphatic hydroxyl groups excluding tert-OH is 1. The van der Waals surface area contributed by atoms with Gasteiger partial charge in [0.15, 0.2) is 0 Å². The summed E-state index contributed by atoms with van der Waals surface area (Å²) >= 11 is 6.00. The Morgan fingerprint density at radius 1 is 1.05 bits per heavy atom. The van der Waals surface area contributed by atoms with Crippen molar-refractivity contribution in [3.63, 3.8) is 0 Å². The topological polar surface area (TPSA) is 20.2 Å². The minimum atomic E-state index is 0.218. The van der Waals surface area contributed by atoms with Crippen LogP contribution in [-0.2, 0) is 0 Å². The first kappa shape index (κ1) is 16.5. The summed E-state index contributed by atoms with van der Waals surface area (Å²) in [4.78, 5) is 0. The van der Waals surface area contributed by atoms with E-state index in [2.05, 4.69) is 13.0 Å². The molecule has 0 bridgehead atoms. The normalized spacial score (nSPS) is 12.6. The fourth-order valence-electron chi connectivity index (χ4n) is 2.47. The molecule has 0 radical (unpaired) electrons. The number of aliphatic hydroxyl groups is 1. The van der Waals surface area contributed by atoms with E-state index in [1.807, 2.05) is 18.2 Å². The van der Waals surface area contributed by atoms with Crippen LogP contribution in [0.5, 0.6) is 0 Å². The van der Waals surface area contributed by atoms with E-state index < -0.39 is 0 Å². The van der Waals surface area contributed by atoms with Crippen molar-refractivity contribution >= 4 is 11.6 Å². The van der Waals surface area contributed by atoms with Gasteiger partial charge in [-0.3, -0.25) is 0 Å². The molecule has 1 aromatic rings. The monoisotopic (exact) mass is 282 g/mol. The summed E-state index contributed by atoms with van der Waals surface area (Å²) in [6, 6.07) is 7.88. The van der Waals surface area contributed by atoms with E-state index in [1.165, 1.54) is 50.5 Å². The van der Waals surface area contributed by atoms with E-state index in [0.717, 1.165) is 11.4 Å². The largest absolute Gasteiger partial charge is 0.396 e. The van der Waals surface area contributed by atoms with Gasteiger partial charge in [0.2, 0.25) is 0 Å². The molecular weight excluding hydrogens is 256 g/mol. The van der Waals surface area contributed by atoms with E-state index in [9.17, 15) is 5.11 Å². The quantitative estimate of drug-likeness (QED) is 0.557. The predicted octanol–water partition coefficient (Wildman–Crippen LogP) is 5.56. The highest BCUT2D eigenvalue weighted by atomic mass is 35.5. The molecule has 0 spiro atoms. The van der Waals surface area contributed by atoms with Crippen molar-refractivity contribution in [3.8, 4) is 0 Å². The maximum absolute atomic E-state index is 9.50. The zero-order valence-electron chi connectivity index (χ0n) is 12.1. The van der Waals surface area contributed by atoms with Gasteiger partial charge in [-0.2, -0.15) is 0 Å². The maximum Gasteiger partial charge on any atom is 0.0499 e. The molecule has 1 unspecified atom stereocenters. The molecule has 1 N–H and O–H groups in total. The fraction of sp³-hybridized carbons (Fsp3) is 0.647. The minimum absolute atomic E-state index is 0.218. The van der Waals surface area contributed by atoms with E-state index >= 15 is 0 Å². The number of rotatable bonds is 10. The van der Waals surface area contributed by atoms with Crippen LogP contribution in [0.1, 0.15) is 69.8 Å². The van der Waals surface area contributed by atoms with Gasteiger partial charge in [0.05, 0.1) is 0 Å². The standard InChI is InChI=1S/C17H27ClO/c1-2-3-4-5-6-7-8-10-16(14-19)15-11-9-12-17(18)13-15/h9,11-13,16,19H,2-8,10,14H2,1H3. The summed E-state index contributed by atoms with van der Waals surface area (Å²) in [5.41, 5.74) is 1.17. The molecule has 0 aliphatic heterocycles. The first-order valence-corrected chi connectivity index (χ1v) is 8.02. The van der Waals surface area contributed by atoms with Gasteiger partial charge in [0.1, 0.15) is 0 Å². The number of hydrogen-bond acceptors (Lipinski definition) is 1. The van der Waals surface area contributed by atoms with E-state index in [4.69, 9.17) is 11.6 Å². The molecule has 0 saturated heterocycles. The van der Waals surface area contributed by atoms with Gasteiger partial charge >= 0.3 is 0 Å². The average molecular weight is 283 g/mol. The maximum atomic E-state index is 9.50. The Labute approximate surface area is 123 Å². The Morgan fingerprint density at radius 2 is 1.74 bits per heavy atom. The highest BCUT2D eigenvalue weighted by molar-refractivity contribution is 6.30. The van der Waals surface area contributed by atoms with Crippen molar-refractivity contribution in [1.82, 2.24) is 0 Å². The molecule has 1 aromatic carbocycles. The summed E-state index contributed by atoms with van der Waals surface area (Å²) in [5.74, 6) is 0.245. The molecule has 0 saturated carbocycles. The molecule has 1 nitrogen and oxygen atoms in total. The Balaban J connectivity index is 2.22. The van der Waals surface area contributed by atoms with Crippen LogP contribution < -0.4 is 0 Å². The number of benzene rings is 1. The van der Waals surface area contributed by atoms with Crippen LogP contribution in [-0.4, -0.2) is 11.7 Å². The Bertz CT molecular complexity index is 338. The van der Waals surface area contributed by atoms with Crippen molar-refractivity contribution in [2.45, 2.75) is 64.2 Å². The second-order valence-electron chi connectivity index (χ2n) is 5.34. The van der Waals surface area contributed by atoms with Crippen LogP contribution in [0.4, 0.5) is 0 Å². The van der Waals surface area contributed by atoms with E-state index in [-0.39, 0.29) is 12.5 Å². The minimum Gasteiger partial charge on any atom is -0.396 e. The first-order valence-electron chi connectivity index (χ1n) is 7.64. The number of hydrogen-bond donors (Lipinski definition) is 1. The molecule has 0 aliphatic carbocycles. The van der Waals surface area contributed by atoms with Gasteiger partial charge in [-0.25, -0.2) is 0 Å². The van der Waals surface area contributed by atoms with Crippen LogP contribution >= 0.6 is 11.6 Å². The van der Waals surface area contributed by atoms with Gasteiger partial charge in [-0.1, -0.05) is 75.6 Å². The summed E-state index contributed by atoms with van der Waals surface area (Å²) in [7, 11) is 0. The van der Waals surface area contributed by atoms with Gasteiger partial charge in [-0.15, -0.1) is 0 Å². The molecule has 0 heterocycles. The van der Waals surface area contributed by atoms with Crippen LogP contribution in [0.25, 0.3) is 0 Å². The van der Waals surface area contributed by atoms with E-state index in [0.29, 0.717) is 0 Å². The van der Waals surface area contributed by atoms with Gasteiger partial charge in [0, 0.05) is 17.5 Å². The average Bonchev–Trinajstić information content (AvgIpc) is 2.42. The molecule has 1 atom stereocenters. The van der Waals surface area contributed by atoms with Crippen LogP contribution in [0.3, 0.4) is 0 Å². The third-order valence-corrected chi connectivity index (χ3v) is 3.93. The van der Waals surface area contributed by atoms with Gasteiger partial charge in [0.25, 0.3) is 0 Å².